The highest BCUT2D eigenvalue weighted by molar-refractivity contribution is 5.92. The van der Waals surface area contributed by atoms with Gasteiger partial charge >= 0.3 is 0 Å². The van der Waals surface area contributed by atoms with Gasteiger partial charge in [0.1, 0.15) is 5.75 Å². The van der Waals surface area contributed by atoms with Crippen LogP contribution in [0.25, 0.3) is 0 Å². The number of hydrogen-bond donors (Lipinski definition) is 2. The number of hydrogen-bond acceptors (Lipinski definition) is 4. The van der Waals surface area contributed by atoms with Crippen LogP contribution in [0.2, 0.25) is 0 Å². The Morgan fingerprint density at radius 2 is 2.32 bits per heavy atom. The largest absolute Gasteiger partial charge is 0.495 e. The number of aliphatic hydroxyl groups is 1. The van der Waals surface area contributed by atoms with E-state index in [0.717, 1.165) is 13.0 Å². The zero-order chi connectivity index (χ0) is 13.7. The maximum Gasteiger partial charge on any atom is 0.225 e. The maximum absolute atomic E-state index is 11.9. The minimum absolute atomic E-state index is 0.0362. The zero-order valence-corrected chi connectivity index (χ0v) is 11.1. The molecule has 1 aliphatic heterocycles. The number of para-hydroxylation sites is 2. The Morgan fingerprint density at radius 3 is 3.00 bits per heavy atom. The van der Waals surface area contributed by atoms with Gasteiger partial charge in [-0.25, -0.2) is 0 Å². The number of aliphatic hydroxyl groups excluding tert-OH is 1. The molecule has 0 aromatic heterocycles. The summed E-state index contributed by atoms with van der Waals surface area (Å²) in [6.07, 6.45) is 0.982. The van der Waals surface area contributed by atoms with E-state index >= 15 is 0 Å². The fourth-order valence-corrected chi connectivity index (χ4v) is 2.24. The van der Waals surface area contributed by atoms with Gasteiger partial charge in [-0.3, -0.25) is 4.79 Å². The fourth-order valence-electron chi connectivity index (χ4n) is 2.24. The molecule has 1 fully saturated rings. The lowest BCUT2D eigenvalue weighted by Crippen LogP contribution is -2.26. The Labute approximate surface area is 113 Å². The van der Waals surface area contributed by atoms with Crippen molar-refractivity contribution in [1.82, 2.24) is 4.90 Å². The molecule has 19 heavy (non-hydrogen) atoms. The first-order valence-electron chi connectivity index (χ1n) is 6.52. The van der Waals surface area contributed by atoms with Crippen molar-refractivity contribution < 1.29 is 14.6 Å². The van der Waals surface area contributed by atoms with Crippen LogP contribution in [-0.4, -0.2) is 48.8 Å². The van der Waals surface area contributed by atoms with Gasteiger partial charge in [-0.05, 0) is 18.6 Å². The molecule has 2 rings (SSSR count). The molecule has 1 atom stereocenters. The third-order valence-corrected chi connectivity index (χ3v) is 3.28. The van der Waals surface area contributed by atoms with Gasteiger partial charge in [0, 0.05) is 26.1 Å². The average Bonchev–Trinajstić information content (AvgIpc) is 2.83. The summed E-state index contributed by atoms with van der Waals surface area (Å²) in [5.41, 5.74) is 0.691. The molecule has 0 radical (unpaired) electrons. The predicted octanol–water partition coefficient (Wildman–Crippen LogP) is 1.09. The predicted molar refractivity (Wildman–Crippen MR) is 73.3 cm³/mol. The van der Waals surface area contributed by atoms with Crippen molar-refractivity contribution >= 4 is 11.6 Å². The normalized spacial score (nSPS) is 19.4. The Kier molecular flexibility index (Phi) is 4.76. The van der Waals surface area contributed by atoms with E-state index in [1.54, 1.807) is 7.11 Å². The van der Waals surface area contributed by atoms with Gasteiger partial charge in [0.2, 0.25) is 5.91 Å². The Bertz CT molecular complexity index is 436. The number of carbonyl (C=O) groups is 1. The van der Waals surface area contributed by atoms with E-state index in [4.69, 9.17) is 4.74 Å². The van der Waals surface area contributed by atoms with Crippen LogP contribution in [0.15, 0.2) is 24.3 Å². The third-order valence-electron chi connectivity index (χ3n) is 3.28. The quantitative estimate of drug-likeness (QED) is 0.835. The van der Waals surface area contributed by atoms with E-state index in [0.29, 0.717) is 30.9 Å². The van der Waals surface area contributed by atoms with Gasteiger partial charge in [-0.2, -0.15) is 0 Å². The van der Waals surface area contributed by atoms with Gasteiger partial charge in [-0.15, -0.1) is 0 Å². The van der Waals surface area contributed by atoms with E-state index in [9.17, 15) is 9.90 Å². The molecule has 1 aromatic rings. The third kappa shape index (κ3) is 3.94. The van der Waals surface area contributed by atoms with Gasteiger partial charge in [-0.1, -0.05) is 12.1 Å². The monoisotopic (exact) mass is 264 g/mol. The maximum atomic E-state index is 11.9. The lowest BCUT2D eigenvalue weighted by atomic mass is 10.2. The van der Waals surface area contributed by atoms with Crippen LogP contribution in [0.4, 0.5) is 5.69 Å². The topological polar surface area (TPSA) is 61.8 Å². The van der Waals surface area contributed by atoms with Crippen LogP contribution < -0.4 is 10.1 Å². The van der Waals surface area contributed by atoms with E-state index in [2.05, 4.69) is 10.2 Å². The van der Waals surface area contributed by atoms with Crippen LogP contribution >= 0.6 is 0 Å². The van der Waals surface area contributed by atoms with Crippen molar-refractivity contribution in [3.63, 3.8) is 0 Å². The van der Waals surface area contributed by atoms with Crippen molar-refractivity contribution in [2.75, 3.05) is 32.1 Å². The second-order valence-electron chi connectivity index (χ2n) is 4.74. The van der Waals surface area contributed by atoms with Crippen LogP contribution in [0.3, 0.4) is 0 Å². The SMILES string of the molecule is COc1ccccc1NC(=O)CCN1CC[C@@H](O)C1. The van der Waals surface area contributed by atoms with Gasteiger partial charge in [0.05, 0.1) is 18.9 Å². The highest BCUT2D eigenvalue weighted by atomic mass is 16.5. The smallest absolute Gasteiger partial charge is 0.225 e. The number of likely N-dealkylation sites (tertiary alicyclic amines) is 1. The zero-order valence-electron chi connectivity index (χ0n) is 11.1. The number of benzene rings is 1. The molecule has 104 valence electrons. The molecule has 1 heterocycles. The van der Waals surface area contributed by atoms with E-state index in [-0.39, 0.29) is 12.0 Å². The molecule has 0 aliphatic carbocycles. The van der Waals surface area contributed by atoms with Crippen LogP contribution in [0.5, 0.6) is 5.75 Å². The van der Waals surface area contributed by atoms with Crippen molar-refractivity contribution in [3.8, 4) is 5.75 Å². The number of nitrogens with zero attached hydrogens (tertiary/aromatic N) is 1. The summed E-state index contributed by atoms with van der Waals surface area (Å²) in [6, 6.07) is 7.35. The van der Waals surface area contributed by atoms with Crippen molar-refractivity contribution in [1.29, 1.82) is 0 Å². The van der Waals surface area contributed by atoms with Crippen LogP contribution in [-0.2, 0) is 4.79 Å². The first kappa shape index (κ1) is 13.8. The van der Waals surface area contributed by atoms with Crippen molar-refractivity contribution in [3.05, 3.63) is 24.3 Å². The van der Waals surface area contributed by atoms with E-state index in [1.165, 1.54) is 0 Å². The van der Waals surface area contributed by atoms with E-state index < -0.39 is 0 Å². The molecule has 5 heteroatoms. The minimum atomic E-state index is -0.239. The molecule has 0 bridgehead atoms. The van der Waals surface area contributed by atoms with Gasteiger partial charge in [0.25, 0.3) is 0 Å². The molecule has 0 unspecified atom stereocenters. The number of β-amino-alcohol motifs (C(OH)–C–C–N with tert-alkyl or cyclic N) is 1. The Balaban J connectivity index is 1.81. The summed E-state index contributed by atoms with van der Waals surface area (Å²) in [7, 11) is 1.58. The van der Waals surface area contributed by atoms with Crippen molar-refractivity contribution in [2.45, 2.75) is 18.9 Å². The number of ether oxygens (including phenoxy) is 1. The Hall–Kier alpha value is -1.59. The standard InChI is InChI=1S/C14H20N2O3/c1-19-13-5-3-2-4-12(13)15-14(18)7-9-16-8-6-11(17)10-16/h2-5,11,17H,6-10H2,1H3,(H,15,18)/t11-/m1/s1. The van der Waals surface area contributed by atoms with Crippen LogP contribution in [0.1, 0.15) is 12.8 Å². The van der Waals surface area contributed by atoms with Gasteiger partial charge in [0.15, 0.2) is 0 Å². The Morgan fingerprint density at radius 1 is 1.53 bits per heavy atom. The van der Waals surface area contributed by atoms with Crippen LogP contribution in [0, 0.1) is 0 Å². The molecule has 5 nitrogen and oxygen atoms in total. The number of nitrogens with one attached hydrogen (secondary N) is 1. The summed E-state index contributed by atoms with van der Waals surface area (Å²) in [4.78, 5) is 14.0. The number of methoxy groups -OCH3 is 1. The molecule has 2 N–H and O–H groups in total. The molecule has 0 saturated carbocycles. The number of rotatable bonds is 5. The second kappa shape index (κ2) is 6.54. The molecular weight excluding hydrogens is 244 g/mol. The highest BCUT2D eigenvalue weighted by Crippen LogP contribution is 2.23. The van der Waals surface area contributed by atoms with Gasteiger partial charge < -0.3 is 20.1 Å². The number of anilines is 1. The number of amides is 1. The average molecular weight is 264 g/mol. The molecule has 1 aromatic carbocycles. The summed E-state index contributed by atoms with van der Waals surface area (Å²) >= 11 is 0. The fraction of sp³-hybridized carbons (Fsp3) is 0.500. The lowest BCUT2D eigenvalue weighted by Gasteiger charge is -2.15. The highest BCUT2D eigenvalue weighted by Gasteiger charge is 2.20. The molecule has 1 amide bonds. The summed E-state index contributed by atoms with van der Waals surface area (Å²) in [5.74, 6) is 0.623. The lowest BCUT2D eigenvalue weighted by molar-refractivity contribution is -0.116. The molecule has 0 spiro atoms. The summed E-state index contributed by atoms with van der Waals surface area (Å²) in [5, 5.41) is 12.3. The first-order chi connectivity index (χ1) is 9.19. The van der Waals surface area contributed by atoms with Crippen molar-refractivity contribution in [2.24, 2.45) is 0 Å². The summed E-state index contributed by atoms with van der Waals surface area (Å²) < 4.78 is 5.18. The molecular formula is C14H20N2O3. The minimum Gasteiger partial charge on any atom is -0.495 e. The first-order valence-corrected chi connectivity index (χ1v) is 6.52. The second-order valence-corrected chi connectivity index (χ2v) is 4.74. The number of carbonyl (C=O) groups excluding carboxylic acids is 1. The van der Waals surface area contributed by atoms with E-state index in [1.807, 2.05) is 24.3 Å². The molecule has 1 aliphatic rings. The summed E-state index contributed by atoms with van der Waals surface area (Å²) in [6.45, 7) is 2.21. The molecule has 1 saturated heterocycles.